The highest BCUT2D eigenvalue weighted by molar-refractivity contribution is 9.08. The second-order valence-electron chi connectivity index (χ2n) is 4.56. The highest BCUT2D eigenvalue weighted by Crippen LogP contribution is 2.12. The zero-order valence-corrected chi connectivity index (χ0v) is 12.5. The molecule has 6 nitrogen and oxygen atoms in total. The quantitative estimate of drug-likeness (QED) is 0.697. The molecule has 0 N–H and O–H groups in total. The molecule has 0 saturated heterocycles. The zero-order chi connectivity index (χ0) is 15.1. The molecule has 0 amide bonds. The van der Waals surface area contributed by atoms with Gasteiger partial charge in [-0.2, -0.15) is 3.59 Å². The Labute approximate surface area is 126 Å². The van der Waals surface area contributed by atoms with Crippen LogP contribution in [0.2, 0.25) is 0 Å². The topological polar surface area (TPSA) is 61.8 Å². The molecule has 21 heavy (non-hydrogen) atoms. The molecule has 0 aliphatic carbocycles. The molecule has 0 unspecified atom stereocenters. The molecule has 3 rings (SSSR count). The largest absolute Gasteiger partial charge is 0.342 e. The van der Waals surface area contributed by atoms with Gasteiger partial charge in [0.2, 0.25) is 0 Å². The lowest BCUT2D eigenvalue weighted by atomic mass is 10.2. The van der Waals surface area contributed by atoms with Crippen LogP contribution >= 0.6 is 16.1 Å². The van der Waals surface area contributed by atoms with Gasteiger partial charge in [-0.15, -0.1) is 0 Å². The van der Waals surface area contributed by atoms with E-state index in [0.717, 1.165) is 3.59 Å². The zero-order valence-electron chi connectivity index (χ0n) is 11.0. The molecule has 108 valence electrons. The Morgan fingerprint density at radius 1 is 1.29 bits per heavy atom. The Hall–Kier alpha value is -2.22. The van der Waals surface area contributed by atoms with Crippen LogP contribution in [0.3, 0.4) is 0 Å². The Morgan fingerprint density at radius 3 is 2.71 bits per heavy atom. The Balaban J connectivity index is 2.24. The molecule has 2 aromatic heterocycles. The van der Waals surface area contributed by atoms with Crippen molar-refractivity contribution >= 4 is 27.3 Å². The summed E-state index contributed by atoms with van der Waals surface area (Å²) in [5.41, 5.74) is -0.119. The van der Waals surface area contributed by atoms with Gasteiger partial charge in [0.1, 0.15) is 5.82 Å². The van der Waals surface area contributed by atoms with Crippen molar-refractivity contribution in [1.29, 1.82) is 0 Å². The van der Waals surface area contributed by atoms with E-state index in [1.54, 1.807) is 18.2 Å². The minimum Gasteiger partial charge on any atom is -0.320 e. The van der Waals surface area contributed by atoms with Gasteiger partial charge in [-0.05, 0) is 6.07 Å². The van der Waals surface area contributed by atoms with E-state index in [1.165, 1.54) is 28.6 Å². The molecule has 0 fully saturated rings. The first-order valence-electron chi connectivity index (χ1n) is 6.07. The average molecular weight is 353 g/mol. The van der Waals surface area contributed by atoms with Gasteiger partial charge in [-0.25, -0.2) is 14.2 Å². The molecular weight excluding hydrogens is 343 g/mol. The normalized spacial score (nSPS) is 11.2. The summed E-state index contributed by atoms with van der Waals surface area (Å²) >= 11 is 2.93. The van der Waals surface area contributed by atoms with Crippen molar-refractivity contribution < 1.29 is 4.39 Å². The van der Waals surface area contributed by atoms with E-state index in [9.17, 15) is 14.0 Å². The fourth-order valence-electron chi connectivity index (χ4n) is 2.17. The lowest BCUT2D eigenvalue weighted by molar-refractivity contribution is 0.601. The third-order valence-electron chi connectivity index (χ3n) is 3.27. The highest BCUT2D eigenvalue weighted by Gasteiger charge is 2.15. The van der Waals surface area contributed by atoms with Crippen LogP contribution in [-0.4, -0.2) is 17.7 Å². The Morgan fingerprint density at radius 2 is 2.00 bits per heavy atom. The van der Waals surface area contributed by atoms with Gasteiger partial charge < -0.3 is 4.57 Å². The number of aryl methyl sites for hydroxylation is 1. The third kappa shape index (κ3) is 2.11. The van der Waals surface area contributed by atoms with Crippen molar-refractivity contribution in [3.8, 4) is 0 Å². The molecule has 3 aromatic rings. The van der Waals surface area contributed by atoms with E-state index in [0.29, 0.717) is 5.56 Å². The van der Waals surface area contributed by atoms with Gasteiger partial charge >= 0.3 is 5.69 Å². The first-order valence-corrected chi connectivity index (χ1v) is 6.78. The fraction of sp³-hybridized carbons (Fsp3) is 0.154. The molecule has 0 aliphatic rings. The van der Waals surface area contributed by atoms with Crippen LogP contribution in [0.1, 0.15) is 5.56 Å². The second kappa shape index (κ2) is 4.96. The second-order valence-corrected chi connectivity index (χ2v) is 5.27. The standard InChI is InChI=1S/C13H10BrFN4O2/c1-17-11-10(12(20)19(14)13(17)21)18(7-16-11)6-8-4-2-3-5-9(8)15/h2-5,7H,6H2,1H3. The number of nitrogens with zero attached hydrogens (tertiary/aromatic N) is 4. The molecular formula is C13H10BrFN4O2. The third-order valence-corrected chi connectivity index (χ3v) is 3.90. The number of hydrogen-bond acceptors (Lipinski definition) is 3. The smallest absolute Gasteiger partial charge is 0.320 e. The van der Waals surface area contributed by atoms with Crippen molar-refractivity contribution in [2.75, 3.05) is 0 Å². The maximum atomic E-state index is 13.7. The summed E-state index contributed by atoms with van der Waals surface area (Å²) in [6.07, 6.45) is 1.42. The molecule has 0 saturated carbocycles. The highest BCUT2D eigenvalue weighted by atomic mass is 79.9. The predicted molar refractivity (Wildman–Crippen MR) is 79.1 cm³/mol. The lowest BCUT2D eigenvalue weighted by Crippen LogP contribution is -2.34. The molecule has 0 bridgehead atoms. The van der Waals surface area contributed by atoms with Crippen molar-refractivity contribution in [1.82, 2.24) is 17.7 Å². The average Bonchev–Trinajstić information content (AvgIpc) is 2.89. The number of halogens is 2. The van der Waals surface area contributed by atoms with E-state index in [-0.39, 0.29) is 23.5 Å². The summed E-state index contributed by atoms with van der Waals surface area (Å²) in [4.78, 5) is 28.1. The fourth-order valence-corrected chi connectivity index (χ4v) is 2.57. The summed E-state index contributed by atoms with van der Waals surface area (Å²) in [5, 5.41) is 0. The van der Waals surface area contributed by atoms with Crippen LogP contribution in [0.5, 0.6) is 0 Å². The molecule has 0 spiro atoms. The Bertz CT molecular complexity index is 957. The van der Waals surface area contributed by atoms with Crippen molar-refractivity contribution in [3.63, 3.8) is 0 Å². The van der Waals surface area contributed by atoms with Crippen LogP contribution in [0, 0.1) is 5.82 Å². The summed E-state index contributed by atoms with van der Waals surface area (Å²) in [5.74, 6) is -0.358. The lowest BCUT2D eigenvalue weighted by Gasteiger charge is -2.06. The predicted octanol–water partition coefficient (Wildman–Crippen LogP) is 1.24. The maximum Gasteiger partial charge on any atom is 0.342 e. The van der Waals surface area contributed by atoms with Crippen LogP contribution in [0.25, 0.3) is 11.2 Å². The number of aromatic nitrogens is 4. The molecule has 0 radical (unpaired) electrons. The van der Waals surface area contributed by atoms with Gasteiger partial charge in [0.15, 0.2) is 11.2 Å². The molecule has 8 heteroatoms. The van der Waals surface area contributed by atoms with Gasteiger partial charge in [0.25, 0.3) is 5.56 Å². The van der Waals surface area contributed by atoms with Crippen LogP contribution in [0.4, 0.5) is 4.39 Å². The van der Waals surface area contributed by atoms with Crippen molar-refractivity contribution in [3.05, 3.63) is 62.8 Å². The van der Waals surface area contributed by atoms with E-state index < -0.39 is 11.2 Å². The minimum absolute atomic E-state index is 0.156. The first-order chi connectivity index (χ1) is 10.0. The van der Waals surface area contributed by atoms with Gasteiger partial charge in [0.05, 0.1) is 29.0 Å². The number of benzene rings is 1. The van der Waals surface area contributed by atoms with Gasteiger partial charge in [-0.1, -0.05) is 18.2 Å². The van der Waals surface area contributed by atoms with Gasteiger partial charge in [-0.3, -0.25) is 9.36 Å². The van der Waals surface area contributed by atoms with Crippen molar-refractivity contribution in [2.45, 2.75) is 6.54 Å². The van der Waals surface area contributed by atoms with Gasteiger partial charge in [0, 0.05) is 12.6 Å². The monoisotopic (exact) mass is 352 g/mol. The molecule has 0 aliphatic heterocycles. The van der Waals surface area contributed by atoms with E-state index >= 15 is 0 Å². The number of rotatable bonds is 2. The SMILES string of the molecule is Cn1c(=O)n(Br)c(=O)c2c1ncn2Cc1ccccc1F. The van der Waals surface area contributed by atoms with E-state index in [2.05, 4.69) is 21.1 Å². The van der Waals surface area contributed by atoms with E-state index in [4.69, 9.17) is 0 Å². The number of hydrogen-bond donors (Lipinski definition) is 0. The van der Waals surface area contributed by atoms with Crippen LogP contribution < -0.4 is 11.2 Å². The first kappa shape index (κ1) is 13.7. The van der Waals surface area contributed by atoms with Crippen LogP contribution in [-0.2, 0) is 13.6 Å². The molecule has 1 aromatic carbocycles. The summed E-state index contributed by atoms with van der Waals surface area (Å²) in [6, 6.07) is 6.30. The summed E-state index contributed by atoms with van der Waals surface area (Å²) in [6.45, 7) is 0.156. The number of fused-ring (bicyclic) bond motifs is 1. The van der Waals surface area contributed by atoms with Crippen LogP contribution in [0.15, 0.2) is 40.2 Å². The molecule has 2 heterocycles. The Kier molecular flexibility index (Phi) is 3.25. The maximum absolute atomic E-state index is 13.7. The minimum atomic E-state index is -0.526. The summed E-state index contributed by atoms with van der Waals surface area (Å²) < 4.78 is 17.3. The number of imidazole rings is 1. The van der Waals surface area contributed by atoms with E-state index in [1.807, 2.05) is 0 Å². The summed E-state index contributed by atoms with van der Waals surface area (Å²) in [7, 11) is 1.52. The molecule has 0 atom stereocenters. The van der Waals surface area contributed by atoms with Crippen molar-refractivity contribution in [2.24, 2.45) is 7.05 Å².